The maximum Gasteiger partial charge on any atom is 0.244 e. The van der Waals surface area contributed by atoms with Crippen molar-refractivity contribution in [2.24, 2.45) is 0 Å². The normalized spacial score (nSPS) is 16.7. The molecule has 1 aromatic rings. The highest BCUT2D eigenvalue weighted by atomic mass is 19.1. The first-order valence-corrected chi connectivity index (χ1v) is 6.08. The first kappa shape index (κ1) is 12.8. The molecule has 0 spiro atoms. The molecule has 0 saturated carbocycles. The maximum absolute atomic E-state index is 13.4. The molecule has 1 saturated heterocycles. The van der Waals surface area contributed by atoms with Gasteiger partial charge in [-0.15, -0.1) is 0 Å². The van der Waals surface area contributed by atoms with E-state index in [0.717, 1.165) is 32.0 Å². The minimum atomic E-state index is -0.684. The molecule has 1 atom stereocenters. The van der Waals surface area contributed by atoms with Crippen molar-refractivity contribution >= 4 is 11.6 Å². The number of amides is 1. The summed E-state index contributed by atoms with van der Waals surface area (Å²) in [6.45, 7) is 3.21. The van der Waals surface area contributed by atoms with Crippen molar-refractivity contribution in [3.05, 3.63) is 29.8 Å². The van der Waals surface area contributed by atoms with Crippen molar-refractivity contribution in [2.75, 3.05) is 18.4 Å². The molecular formula is C13H16F2N2O. The molecule has 2 rings (SSSR count). The van der Waals surface area contributed by atoms with Crippen LogP contribution in [0.5, 0.6) is 0 Å². The van der Waals surface area contributed by atoms with Gasteiger partial charge in [0.25, 0.3) is 0 Å². The zero-order valence-corrected chi connectivity index (χ0v) is 10.2. The van der Waals surface area contributed by atoms with Gasteiger partial charge in [0, 0.05) is 19.2 Å². The molecule has 3 nitrogen and oxygen atoms in total. The van der Waals surface area contributed by atoms with E-state index in [-0.39, 0.29) is 11.6 Å². The molecule has 0 radical (unpaired) electrons. The lowest BCUT2D eigenvalue weighted by Crippen LogP contribution is -2.39. The van der Waals surface area contributed by atoms with Crippen molar-refractivity contribution in [3.8, 4) is 0 Å². The second-order valence-corrected chi connectivity index (χ2v) is 4.52. The predicted molar refractivity (Wildman–Crippen MR) is 65.3 cm³/mol. The highest BCUT2D eigenvalue weighted by molar-refractivity contribution is 5.84. The molecule has 1 heterocycles. The summed E-state index contributed by atoms with van der Waals surface area (Å²) in [5.74, 6) is -1.36. The molecule has 1 aliphatic rings. The number of hydrogen-bond donors (Lipinski definition) is 1. The van der Waals surface area contributed by atoms with Gasteiger partial charge in [-0.25, -0.2) is 8.78 Å². The Bertz CT molecular complexity index is 445. The summed E-state index contributed by atoms with van der Waals surface area (Å²) in [4.78, 5) is 13.8. The Hall–Kier alpha value is -1.65. The fourth-order valence-electron chi connectivity index (χ4n) is 2.11. The van der Waals surface area contributed by atoms with E-state index in [1.807, 2.05) is 0 Å². The molecule has 98 valence electrons. The molecule has 0 aliphatic carbocycles. The van der Waals surface area contributed by atoms with E-state index >= 15 is 0 Å². The zero-order valence-electron chi connectivity index (χ0n) is 10.2. The van der Waals surface area contributed by atoms with Crippen molar-refractivity contribution in [1.82, 2.24) is 4.90 Å². The second kappa shape index (κ2) is 5.33. The molecule has 0 aromatic heterocycles. The average molecular weight is 254 g/mol. The number of nitrogens with zero attached hydrogens (tertiary/aromatic N) is 1. The molecule has 1 aromatic carbocycles. The number of hydrogen-bond acceptors (Lipinski definition) is 2. The first-order valence-electron chi connectivity index (χ1n) is 6.08. The number of anilines is 1. The number of halogens is 2. The van der Waals surface area contributed by atoms with Gasteiger partial charge in [-0.05, 0) is 31.9 Å². The second-order valence-electron chi connectivity index (χ2n) is 4.52. The van der Waals surface area contributed by atoms with Crippen LogP contribution >= 0.6 is 0 Å². The van der Waals surface area contributed by atoms with E-state index in [9.17, 15) is 13.6 Å². The minimum Gasteiger partial charge on any atom is -0.372 e. The van der Waals surface area contributed by atoms with Crippen LogP contribution in [0.25, 0.3) is 0 Å². The highest BCUT2D eigenvalue weighted by Crippen LogP contribution is 2.17. The molecule has 1 amide bonds. The summed E-state index contributed by atoms with van der Waals surface area (Å²) in [5, 5.41) is 2.78. The van der Waals surface area contributed by atoms with E-state index in [2.05, 4.69) is 5.32 Å². The largest absolute Gasteiger partial charge is 0.372 e. The van der Waals surface area contributed by atoms with Gasteiger partial charge < -0.3 is 10.2 Å². The maximum atomic E-state index is 13.4. The number of benzene rings is 1. The van der Waals surface area contributed by atoms with E-state index < -0.39 is 17.7 Å². The first-order chi connectivity index (χ1) is 8.58. The Kier molecular flexibility index (Phi) is 3.79. The summed E-state index contributed by atoms with van der Waals surface area (Å²) in [5.41, 5.74) is 0.149. The SMILES string of the molecule is CC(Nc1ccc(F)cc1F)C(=O)N1CCCC1. The van der Waals surface area contributed by atoms with Gasteiger partial charge in [-0.2, -0.15) is 0 Å². The molecule has 1 unspecified atom stereocenters. The van der Waals surface area contributed by atoms with E-state index in [1.54, 1.807) is 11.8 Å². The summed E-state index contributed by atoms with van der Waals surface area (Å²) in [6, 6.07) is 2.76. The van der Waals surface area contributed by atoms with Crippen molar-refractivity contribution in [2.45, 2.75) is 25.8 Å². The average Bonchev–Trinajstić information content (AvgIpc) is 2.85. The summed E-state index contributed by atoms with van der Waals surface area (Å²) in [6.07, 6.45) is 2.03. The van der Waals surface area contributed by atoms with Gasteiger partial charge in [0.05, 0.1) is 5.69 Å². The third kappa shape index (κ3) is 2.78. The number of carbonyl (C=O) groups excluding carboxylic acids is 1. The van der Waals surface area contributed by atoms with Crippen LogP contribution in [0.3, 0.4) is 0 Å². The zero-order chi connectivity index (χ0) is 13.1. The molecule has 1 aliphatic heterocycles. The van der Waals surface area contributed by atoms with Gasteiger partial charge in [0.2, 0.25) is 5.91 Å². The summed E-state index contributed by atoms with van der Waals surface area (Å²) in [7, 11) is 0. The van der Waals surface area contributed by atoms with Crippen LogP contribution in [0.15, 0.2) is 18.2 Å². The van der Waals surface area contributed by atoms with Crippen LogP contribution in [-0.4, -0.2) is 29.9 Å². The van der Waals surface area contributed by atoms with Crippen LogP contribution in [0.4, 0.5) is 14.5 Å². The number of nitrogens with one attached hydrogen (secondary N) is 1. The van der Waals surface area contributed by atoms with Crippen LogP contribution in [0, 0.1) is 11.6 Å². The Balaban J connectivity index is 2.01. The van der Waals surface area contributed by atoms with Gasteiger partial charge in [-0.3, -0.25) is 4.79 Å². The van der Waals surface area contributed by atoms with E-state index in [1.165, 1.54) is 12.1 Å². The van der Waals surface area contributed by atoms with E-state index in [4.69, 9.17) is 0 Å². The summed E-state index contributed by atoms with van der Waals surface area (Å²) >= 11 is 0. The number of likely N-dealkylation sites (tertiary alicyclic amines) is 1. The van der Waals surface area contributed by atoms with Crippen LogP contribution < -0.4 is 5.32 Å². The topological polar surface area (TPSA) is 32.3 Å². The quantitative estimate of drug-likeness (QED) is 0.898. The van der Waals surface area contributed by atoms with Gasteiger partial charge in [-0.1, -0.05) is 0 Å². The molecule has 1 N–H and O–H groups in total. The lowest BCUT2D eigenvalue weighted by Gasteiger charge is -2.22. The third-order valence-electron chi connectivity index (χ3n) is 3.09. The Morgan fingerprint density at radius 2 is 2.00 bits per heavy atom. The monoisotopic (exact) mass is 254 g/mol. The standard InChI is InChI=1S/C13H16F2N2O/c1-9(13(18)17-6-2-3-7-17)16-12-5-4-10(14)8-11(12)15/h4-5,8-9,16H,2-3,6-7H2,1H3. The number of rotatable bonds is 3. The smallest absolute Gasteiger partial charge is 0.244 e. The molecule has 5 heteroatoms. The van der Waals surface area contributed by atoms with Crippen LogP contribution in [0.1, 0.15) is 19.8 Å². The highest BCUT2D eigenvalue weighted by Gasteiger charge is 2.23. The fraction of sp³-hybridized carbons (Fsp3) is 0.462. The van der Waals surface area contributed by atoms with Crippen molar-refractivity contribution < 1.29 is 13.6 Å². The molecule has 1 fully saturated rings. The van der Waals surface area contributed by atoms with Crippen molar-refractivity contribution in [3.63, 3.8) is 0 Å². The lowest BCUT2D eigenvalue weighted by molar-refractivity contribution is -0.130. The summed E-state index contributed by atoms with van der Waals surface area (Å²) < 4.78 is 26.2. The van der Waals surface area contributed by atoms with Gasteiger partial charge >= 0.3 is 0 Å². The Morgan fingerprint density at radius 1 is 1.33 bits per heavy atom. The Morgan fingerprint density at radius 3 is 2.61 bits per heavy atom. The predicted octanol–water partition coefficient (Wildman–Crippen LogP) is 2.39. The van der Waals surface area contributed by atoms with E-state index in [0.29, 0.717) is 0 Å². The molecule has 18 heavy (non-hydrogen) atoms. The Labute approximate surface area is 105 Å². The number of carbonyl (C=O) groups is 1. The van der Waals surface area contributed by atoms with Crippen LogP contribution in [-0.2, 0) is 4.79 Å². The third-order valence-corrected chi connectivity index (χ3v) is 3.09. The molecule has 0 bridgehead atoms. The van der Waals surface area contributed by atoms with Gasteiger partial charge in [0.1, 0.15) is 17.7 Å². The minimum absolute atomic E-state index is 0.0452. The fourth-order valence-corrected chi connectivity index (χ4v) is 2.11. The van der Waals surface area contributed by atoms with Crippen molar-refractivity contribution in [1.29, 1.82) is 0 Å². The van der Waals surface area contributed by atoms with Crippen LogP contribution in [0.2, 0.25) is 0 Å². The molecular weight excluding hydrogens is 238 g/mol. The lowest BCUT2D eigenvalue weighted by atomic mass is 10.2. The van der Waals surface area contributed by atoms with Gasteiger partial charge in [0.15, 0.2) is 0 Å².